The lowest BCUT2D eigenvalue weighted by Gasteiger charge is -2.38. The lowest BCUT2D eigenvalue weighted by molar-refractivity contribution is 0.121. The number of piperazine rings is 2. The van der Waals surface area contributed by atoms with Crippen molar-refractivity contribution >= 4 is 35.2 Å². The summed E-state index contributed by atoms with van der Waals surface area (Å²) in [5.74, 6) is 1.72. The van der Waals surface area contributed by atoms with Crippen molar-refractivity contribution in [3.05, 3.63) is 85.2 Å². The fourth-order valence-corrected chi connectivity index (χ4v) is 5.35. The number of anilines is 4. The topological polar surface area (TPSA) is 67.4 Å². The normalized spacial score (nSPS) is 17.5. The maximum Gasteiger partial charge on any atom is 0.409 e. The van der Waals surface area contributed by atoms with Crippen molar-refractivity contribution in [1.29, 1.82) is 0 Å². The molecule has 1 N–H and O–H groups in total. The van der Waals surface area contributed by atoms with Crippen LogP contribution in [0.1, 0.15) is 5.56 Å². The van der Waals surface area contributed by atoms with Gasteiger partial charge in [-0.15, -0.1) is 0 Å². The van der Waals surface area contributed by atoms with E-state index in [-0.39, 0.29) is 6.09 Å². The molecule has 0 spiro atoms. The van der Waals surface area contributed by atoms with Gasteiger partial charge in [-0.05, 0) is 54.6 Å². The molecule has 210 valence electrons. The quantitative estimate of drug-likeness (QED) is 0.494. The first-order valence-electron chi connectivity index (χ1n) is 13.8. The largest absolute Gasteiger partial charge is 0.453 e. The van der Waals surface area contributed by atoms with Crippen molar-refractivity contribution in [2.75, 3.05) is 87.7 Å². The second-order valence-electron chi connectivity index (χ2n) is 10.2. The highest BCUT2D eigenvalue weighted by Gasteiger charge is 2.23. The average molecular weight is 542 g/mol. The predicted molar refractivity (Wildman–Crippen MR) is 163 cm³/mol. The molecule has 5 rings (SSSR count). The Bertz CT molecular complexity index is 1270. The van der Waals surface area contributed by atoms with Crippen LogP contribution in [0.2, 0.25) is 0 Å². The molecule has 0 bridgehead atoms. The van der Waals surface area contributed by atoms with E-state index in [0.717, 1.165) is 92.3 Å². The number of hydrogen-bond donors (Lipinski definition) is 1. The summed E-state index contributed by atoms with van der Waals surface area (Å²) >= 11 is 0. The molecule has 9 nitrogen and oxygen atoms in total. The zero-order valence-corrected chi connectivity index (χ0v) is 23.4. The maximum atomic E-state index is 11.8. The molecule has 0 aliphatic carbocycles. The molecule has 3 aliphatic heterocycles. The lowest BCUT2D eigenvalue weighted by atomic mass is 10.1. The standard InChI is InChI=1S/C31H39N7O2/c1-5-24(2)35-17-14-34(15-18-35)16-23-38-25(3)6-7-26-8-13-29(33-30(26)38)32-27-9-11-28(12-10-27)36-19-21-37(22-20-36)31(39)40-4/h5-13H,1-3,14-23H2,4H3,(H,32,33). The fraction of sp³-hybridized carbons (Fsp3) is 0.355. The van der Waals surface area contributed by atoms with Crippen LogP contribution in [-0.2, 0) is 4.74 Å². The molecule has 1 aromatic heterocycles. The van der Waals surface area contributed by atoms with E-state index in [0.29, 0.717) is 13.1 Å². The highest BCUT2D eigenvalue weighted by molar-refractivity contribution is 5.75. The van der Waals surface area contributed by atoms with Gasteiger partial charge in [0, 0.05) is 93.8 Å². The Labute approximate surface area is 237 Å². The number of benzene rings is 1. The summed E-state index contributed by atoms with van der Waals surface area (Å²) in [6.45, 7) is 20.8. The Morgan fingerprint density at radius 1 is 0.950 bits per heavy atom. The molecule has 2 fully saturated rings. The van der Waals surface area contributed by atoms with E-state index in [4.69, 9.17) is 9.72 Å². The first kappa shape index (κ1) is 27.3. The number of allylic oxidation sites excluding steroid dienone is 2. The van der Waals surface area contributed by atoms with E-state index in [9.17, 15) is 4.79 Å². The number of amides is 1. The Balaban J connectivity index is 1.19. The van der Waals surface area contributed by atoms with E-state index >= 15 is 0 Å². The molecule has 2 saturated heterocycles. The number of aromatic nitrogens is 1. The van der Waals surface area contributed by atoms with Crippen molar-refractivity contribution < 1.29 is 9.53 Å². The molecular formula is C31H39N7O2. The van der Waals surface area contributed by atoms with Crippen LogP contribution in [0.5, 0.6) is 0 Å². The van der Waals surface area contributed by atoms with Crippen molar-refractivity contribution in [2.45, 2.75) is 0 Å². The smallest absolute Gasteiger partial charge is 0.409 e. The number of hydrogen-bond acceptors (Lipinski definition) is 8. The van der Waals surface area contributed by atoms with Crippen LogP contribution in [-0.4, -0.2) is 98.3 Å². The monoisotopic (exact) mass is 541 g/mol. The van der Waals surface area contributed by atoms with Gasteiger partial charge in [0.25, 0.3) is 0 Å². The third-order valence-corrected chi connectivity index (χ3v) is 7.83. The van der Waals surface area contributed by atoms with Gasteiger partial charge in [0.15, 0.2) is 0 Å². The molecule has 0 atom stereocenters. The Hall–Kier alpha value is -4.24. The lowest BCUT2D eigenvalue weighted by Crippen LogP contribution is -2.48. The number of pyridine rings is 1. The van der Waals surface area contributed by atoms with Crippen LogP contribution >= 0.6 is 0 Å². The second-order valence-corrected chi connectivity index (χ2v) is 10.2. The van der Waals surface area contributed by atoms with E-state index < -0.39 is 0 Å². The zero-order chi connectivity index (χ0) is 28.1. The van der Waals surface area contributed by atoms with Crippen LogP contribution in [0.25, 0.3) is 6.08 Å². The number of ether oxygens (including phenoxy) is 1. The van der Waals surface area contributed by atoms with Crippen LogP contribution in [0, 0.1) is 0 Å². The van der Waals surface area contributed by atoms with Gasteiger partial charge in [-0.1, -0.05) is 19.7 Å². The molecule has 0 unspecified atom stereocenters. The summed E-state index contributed by atoms with van der Waals surface area (Å²) in [4.78, 5) is 27.8. The van der Waals surface area contributed by atoms with E-state index in [1.807, 2.05) is 12.1 Å². The van der Waals surface area contributed by atoms with Crippen molar-refractivity contribution in [3.63, 3.8) is 0 Å². The van der Waals surface area contributed by atoms with Gasteiger partial charge in [-0.2, -0.15) is 0 Å². The highest BCUT2D eigenvalue weighted by Crippen LogP contribution is 2.31. The highest BCUT2D eigenvalue weighted by atomic mass is 16.5. The minimum atomic E-state index is -0.261. The molecule has 4 heterocycles. The minimum absolute atomic E-state index is 0.261. The van der Waals surface area contributed by atoms with Crippen LogP contribution in [0.15, 0.2) is 79.7 Å². The summed E-state index contributed by atoms with van der Waals surface area (Å²) < 4.78 is 4.84. The summed E-state index contributed by atoms with van der Waals surface area (Å²) in [6.07, 6.45) is 5.72. The fourth-order valence-electron chi connectivity index (χ4n) is 5.35. The summed E-state index contributed by atoms with van der Waals surface area (Å²) in [5, 5.41) is 3.46. The van der Waals surface area contributed by atoms with Gasteiger partial charge in [0.05, 0.1) is 7.11 Å². The predicted octanol–water partition coefficient (Wildman–Crippen LogP) is 4.38. The summed E-state index contributed by atoms with van der Waals surface area (Å²) in [7, 11) is 1.42. The number of fused-ring (bicyclic) bond motifs is 1. The molecule has 1 amide bonds. The molecule has 40 heavy (non-hydrogen) atoms. The van der Waals surface area contributed by atoms with Crippen molar-refractivity contribution in [3.8, 4) is 0 Å². The van der Waals surface area contributed by atoms with Gasteiger partial charge in [-0.3, -0.25) is 4.90 Å². The third-order valence-electron chi connectivity index (χ3n) is 7.83. The molecule has 0 saturated carbocycles. The first-order valence-corrected chi connectivity index (χ1v) is 13.8. The van der Waals surface area contributed by atoms with Gasteiger partial charge in [0.2, 0.25) is 0 Å². The number of carbonyl (C=O) groups is 1. The molecule has 3 aliphatic rings. The number of nitrogens with zero attached hydrogens (tertiary/aromatic N) is 6. The van der Waals surface area contributed by atoms with Crippen molar-refractivity contribution in [2.24, 2.45) is 0 Å². The Kier molecular flexibility index (Phi) is 8.40. The van der Waals surface area contributed by atoms with E-state index in [1.54, 1.807) is 4.90 Å². The third kappa shape index (κ3) is 6.15. The van der Waals surface area contributed by atoms with Gasteiger partial charge < -0.3 is 29.7 Å². The molecular weight excluding hydrogens is 502 g/mol. The van der Waals surface area contributed by atoms with Crippen molar-refractivity contribution in [1.82, 2.24) is 19.7 Å². The minimum Gasteiger partial charge on any atom is -0.453 e. The number of methoxy groups -OCH3 is 1. The number of nitrogens with one attached hydrogen (secondary N) is 1. The Morgan fingerprint density at radius 2 is 1.65 bits per heavy atom. The summed E-state index contributed by atoms with van der Waals surface area (Å²) in [5.41, 5.74) is 5.15. The average Bonchev–Trinajstić information content (AvgIpc) is 3.00. The van der Waals surface area contributed by atoms with Crippen LogP contribution in [0.3, 0.4) is 0 Å². The molecule has 9 heteroatoms. The molecule has 1 aromatic carbocycles. The van der Waals surface area contributed by atoms with E-state index in [2.05, 4.69) is 87.1 Å². The number of carbonyl (C=O) groups excluding carboxylic acids is 1. The molecule has 2 aromatic rings. The van der Waals surface area contributed by atoms with Crippen LogP contribution in [0.4, 0.5) is 27.8 Å². The van der Waals surface area contributed by atoms with E-state index in [1.165, 1.54) is 7.11 Å². The van der Waals surface area contributed by atoms with Gasteiger partial charge in [0.1, 0.15) is 11.6 Å². The SMILES string of the molecule is C=CC(=C)N1CCN(CCN2C(=C)C=Cc3ccc(Nc4ccc(N5CCN(C(=O)OC)CC5)cc4)nc32)CC1. The van der Waals surface area contributed by atoms with Crippen LogP contribution < -0.4 is 15.1 Å². The summed E-state index contributed by atoms with van der Waals surface area (Å²) in [6, 6.07) is 12.5. The first-order chi connectivity index (χ1) is 19.4. The van der Waals surface area contributed by atoms with Gasteiger partial charge >= 0.3 is 6.09 Å². The number of rotatable bonds is 8. The second kappa shape index (κ2) is 12.3. The maximum absolute atomic E-state index is 11.8. The molecule has 0 radical (unpaired) electrons. The zero-order valence-electron chi connectivity index (χ0n) is 23.4. The Morgan fingerprint density at radius 3 is 2.33 bits per heavy atom. The van der Waals surface area contributed by atoms with Gasteiger partial charge in [-0.25, -0.2) is 9.78 Å².